The molecule has 0 N–H and O–H groups in total. The van der Waals surface area contributed by atoms with Crippen LogP contribution in [0.5, 0.6) is 5.75 Å². The van der Waals surface area contributed by atoms with Gasteiger partial charge in [0.05, 0.1) is 7.11 Å². The van der Waals surface area contributed by atoms with Crippen LogP contribution in [0.2, 0.25) is 0 Å². The van der Waals surface area contributed by atoms with E-state index in [-0.39, 0.29) is 0 Å². The van der Waals surface area contributed by atoms with Crippen molar-refractivity contribution < 1.29 is 27.5 Å². The van der Waals surface area contributed by atoms with Gasteiger partial charge in [0.25, 0.3) is 0 Å². The Morgan fingerprint density at radius 2 is 1.65 bits per heavy atom. The quantitative estimate of drug-likeness (QED) is 0.391. The van der Waals surface area contributed by atoms with Gasteiger partial charge in [0.15, 0.2) is 5.73 Å². The monoisotopic (exact) mass is 340 g/mol. The minimum absolute atomic E-state index is 0.476. The summed E-state index contributed by atoms with van der Waals surface area (Å²) in [6, 6.07) is 7.33. The summed E-state index contributed by atoms with van der Waals surface area (Å²) in [4.78, 5) is 12.0. The Kier molecular flexibility index (Phi) is 7.97. The van der Waals surface area contributed by atoms with Gasteiger partial charge in [-0.05, 0) is 30.2 Å². The van der Waals surface area contributed by atoms with E-state index >= 15 is 0 Å². The summed E-state index contributed by atoms with van der Waals surface area (Å²) in [6.45, 7) is 1.88. The molecule has 23 heavy (non-hydrogen) atoms. The second kappa shape index (κ2) is 9.46. The largest absolute Gasteiger partial charge is 0.543 e. The zero-order chi connectivity index (χ0) is 17.3. The van der Waals surface area contributed by atoms with E-state index in [1.807, 2.05) is 31.2 Å². The SMILES string of the molecule is CCC(OC(=O)C=Cc1ccc(OC)cc1)[Si](OC)(OC)OC. The summed E-state index contributed by atoms with van der Waals surface area (Å²) < 4.78 is 26.6. The van der Waals surface area contributed by atoms with Gasteiger partial charge in [-0.1, -0.05) is 19.1 Å². The molecular formula is C16H24O6Si. The molecule has 0 aliphatic rings. The average Bonchev–Trinajstić information content (AvgIpc) is 2.61. The Morgan fingerprint density at radius 1 is 1.09 bits per heavy atom. The number of hydrogen-bond acceptors (Lipinski definition) is 6. The molecule has 6 nitrogen and oxygen atoms in total. The number of rotatable bonds is 9. The number of ether oxygens (including phenoxy) is 2. The van der Waals surface area contributed by atoms with Gasteiger partial charge in [-0.3, -0.25) is 0 Å². The van der Waals surface area contributed by atoms with Crippen LogP contribution in [0.15, 0.2) is 30.3 Å². The summed E-state index contributed by atoms with van der Waals surface area (Å²) in [5.41, 5.74) is 0.306. The summed E-state index contributed by atoms with van der Waals surface area (Å²) in [5.74, 6) is 0.280. The van der Waals surface area contributed by atoms with Crippen LogP contribution in [0.4, 0.5) is 0 Å². The van der Waals surface area contributed by atoms with Gasteiger partial charge in [0, 0.05) is 27.4 Å². The molecule has 7 heteroatoms. The molecule has 0 amide bonds. The van der Waals surface area contributed by atoms with Gasteiger partial charge in [-0.15, -0.1) is 0 Å². The van der Waals surface area contributed by atoms with Crippen molar-refractivity contribution in [3.05, 3.63) is 35.9 Å². The lowest BCUT2D eigenvalue weighted by Gasteiger charge is -2.30. The maximum atomic E-state index is 12.0. The van der Waals surface area contributed by atoms with Crippen molar-refractivity contribution in [3.63, 3.8) is 0 Å². The first kappa shape index (κ1) is 19.4. The number of esters is 1. The van der Waals surface area contributed by atoms with E-state index < -0.39 is 20.5 Å². The van der Waals surface area contributed by atoms with E-state index in [4.69, 9.17) is 22.8 Å². The van der Waals surface area contributed by atoms with E-state index in [0.29, 0.717) is 6.42 Å². The molecule has 0 fully saturated rings. The van der Waals surface area contributed by atoms with Crippen LogP contribution in [0.3, 0.4) is 0 Å². The minimum atomic E-state index is -3.02. The first-order valence-electron chi connectivity index (χ1n) is 7.23. The Morgan fingerprint density at radius 3 is 2.09 bits per heavy atom. The fourth-order valence-corrected chi connectivity index (χ4v) is 4.16. The van der Waals surface area contributed by atoms with E-state index in [2.05, 4.69) is 0 Å². The van der Waals surface area contributed by atoms with Gasteiger partial charge in [-0.2, -0.15) is 0 Å². The molecule has 0 saturated heterocycles. The van der Waals surface area contributed by atoms with Gasteiger partial charge in [0.1, 0.15) is 5.75 Å². The Hall–Kier alpha value is -1.67. The molecule has 0 aliphatic carbocycles. The normalized spacial score (nSPS) is 13.1. The molecule has 1 unspecified atom stereocenters. The van der Waals surface area contributed by atoms with Crippen LogP contribution in [-0.4, -0.2) is 48.9 Å². The first-order chi connectivity index (χ1) is 11.0. The summed E-state index contributed by atoms with van der Waals surface area (Å²) >= 11 is 0. The third-order valence-corrected chi connectivity index (χ3v) is 6.43. The standard InChI is InChI=1S/C16H24O6Si/c1-6-16(23(19-3,20-4)21-5)22-15(17)12-9-13-7-10-14(18-2)11-8-13/h7-12,16H,6H2,1-5H3. The van der Waals surface area contributed by atoms with E-state index in [1.165, 1.54) is 27.4 Å². The number of hydrogen-bond donors (Lipinski definition) is 0. The molecule has 0 radical (unpaired) electrons. The highest BCUT2D eigenvalue weighted by molar-refractivity contribution is 6.62. The summed E-state index contributed by atoms with van der Waals surface area (Å²) in [6.07, 6.45) is 3.57. The van der Waals surface area contributed by atoms with Gasteiger partial charge < -0.3 is 22.8 Å². The Bertz CT molecular complexity index is 502. The molecule has 128 valence electrons. The van der Waals surface area contributed by atoms with Gasteiger partial charge >= 0.3 is 14.8 Å². The van der Waals surface area contributed by atoms with E-state index in [0.717, 1.165) is 11.3 Å². The zero-order valence-corrected chi connectivity index (χ0v) is 15.2. The van der Waals surface area contributed by atoms with Crippen LogP contribution in [-0.2, 0) is 22.8 Å². The van der Waals surface area contributed by atoms with E-state index in [9.17, 15) is 4.79 Å². The fraction of sp³-hybridized carbons (Fsp3) is 0.438. The number of benzene rings is 1. The molecule has 1 atom stereocenters. The second-order valence-electron chi connectivity index (χ2n) is 4.66. The molecule has 1 rings (SSSR count). The molecule has 1 aromatic carbocycles. The van der Waals surface area contributed by atoms with Crippen LogP contribution >= 0.6 is 0 Å². The van der Waals surface area contributed by atoms with Crippen molar-refractivity contribution >= 4 is 20.8 Å². The third-order valence-electron chi connectivity index (χ3n) is 3.40. The first-order valence-corrected chi connectivity index (χ1v) is 9.03. The van der Waals surface area contributed by atoms with Gasteiger partial charge in [0.2, 0.25) is 0 Å². The lowest BCUT2D eigenvalue weighted by molar-refractivity contribution is -0.142. The topological polar surface area (TPSA) is 63.2 Å². The van der Waals surface area contributed by atoms with Crippen molar-refractivity contribution in [2.75, 3.05) is 28.4 Å². The lowest BCUT2D eigenvalue weighted by atomic mass is 10.2. The van der Waals surface area contributed by atoms with E-state index in [1.54, 1.807) is 13.2 Å². The highest BCUT2D eigenvalue weighted by atomic mass is 28.4. The van der Waals surface area contributed by atoms with Crippen molar-refractivity contribution in [2.45, 2.75) is 19.1 Å². The minimum Gasteiger partial charge on any atom is -0.497 e. The third kappa shape index (κ3) is 5.17. The maximum Gasteiger partial charge on any atom is 0.543 e. The Balaban J connectivity index is 2.74. The molecule has 0 aliphatic heterocycles. The summed E-state index contributed by atoms with van der Waals surface area (Å²) in [5, 5.41) is 0. The number of carbonyl (C=O) groups is 1. The lowest BCUT2D eigenvalue weighted by Crippen LogP contribution is -2.55. The predicted octanol–water partition coefficient (Wildman–Crippen LogP) is 2.45. The molecule has 0 heterocycles. The highest BCUT2D eigenvalue weighted by Gasteiger charge is 2.49. The van der Waals surface area contributed by atoms with Crippen LogP contribution in [0, 0.1) is 0 Å². The Labute approximate surface area is 138 Å². The van der Waals surface area contributed by atoms with Crippen LogP contribution in [0.1, 0.15) is 18.9 Å². The highest BCUT2D eigenvalue weighted by Crippen LogP contribution is 2.19. The van der Waals surface area contributed by atoms with Crippen molar-refractivity contribution in [1.29, 1.82) is 0 Å². The fourth-order valence-electron chi connectivity index (χ4n) is 2.11. The van der Waals surface area contributed by atoms with Gasteiger partial charge in [-0.25, -0.2) is 4.79 Å². The molecular weight excluding hydrogens is 316 g/mol. The number of carbonyl (C=O) groups excluding carboxylic acids is 1. The molecule has 0 saturated carbocycles. The van der Waals surface area contributed by atoms with Crippen molar-refractivity contribution in [2.24, 2.45) is 0 Å². The second-order valence-corrected chi connectivity index (χ2v) is 7.73. The molecule has 1 aromatic rings. The predicted molar refractivity (Wildman–Crippen MR) is 89.0 cm³/mol. The van der Waals surface area contributed by atoms with Crippen molar-refractivity contribution in [1.82, 2.24) is 0 Å². The zero-order valence-electron chi connectivity index (χ0n) is 14.2. The molecule has 0 aromatic heterocycles. The average molecular weight is 340 g/mol. The number of methoxy groups -OCH3 is 1. The maximum absolute atomic E-state index is 12.0. The van der Waals surface area contributed by atoms with Crippen molar-refractivity contribution in [3.8, 4) is 5.75 Å². The molecule has 0 bridgehead atoms. The molecule has 0 spiro atoms. The van der Waals surface area contributed by atoms with Crippen LogP contribution < -0.4 is 4.74 Å². The smallest absolute Gasteiger partial charge is 0.497 e. The summed E-state index contributed by atoms with van der Waals surface area (Å²) in [7, 11) is 3.05. The van der Waals surface area contributed by atoms with Crippen LogP contribution in [0.25, 0.3) is 6.08 Å².